The van der Waals surface area contributed by atoms with Gasteiger partial charge < -0.3 is 10.6 Å². The molecular formula is C15H24N2. The Hall–Kier alpha value is -1.44. The highest BCUT2D eigenvalue weighted by Crippen LogP contribution is 2.22. The monoisotopic (exact) mass is 232 g/mol. The Morgan fingerprint density at radius 3 is 2.24 bits per heavy atom. The van der Waals surface area contributed by atoms with E-state index in [0.29, 0.717) is 5.70 Å². The van der Waals surface area contributed by atoms with E-state index in [0.717, 1.165) is 18.7 Å². The maximum absolute atomic E-state index is 5.75. The summed E-state index contributed by atoms with van der Waals surface area (Å²) in [5.74, 6) is 0. The van der Waals surface area contributed by atoms with Gasteiger partial charge in [0.05, 0.1) is 0 Å². The maximum atomic E-state index is 5.75. The summed E-state index contributed by atoms with van der Waals surface area (Å²) in [6.07, 6.45) is 2.34. The highest BCUT2D eigenvalue weighted by atomic mass is 15.1. The smallest absolute Gasteiger partial charge is 0.0369 e. The van der Waals surface area contributed by atoms with E-state index < -0.39 is 0 Å². The molecule has 0 bridgehead atoms. The van der Waals surface area contributed by atoms with Crippen molar-refractivity contribution < 1.29 is 0 Å². The predicted molar refractivity (Wildman–Crippen MR) is 77.2 cm³/mol. The molecule has 0 heterocycles. The third-order valence-corrected chi connectivity index (χ3v) is 2.91. The van der Waals surface area contributed by atoms with Gasteiger partial charge in [-0.3, -0.25) is 0 Å². The van der Waals surface area contributed by atoms with Crippen molar-refractivity contribution in [1.82, 2.24) is 0 Å². The van der Waals surface area contributed by atoms with E-state index in [2.05, 4.69) is 50.4 Å². The zero-order valence-electron chi connectivity index (χ0n) is 11.3. The van der Waals surface area contributed by atoms with Gasteiger partial charge >= 0.3 is 0 Å². The van der Waals surface area contributed by atoms with Crippen LogP contribution >= 0.6 is 0 Å². The van der Waals surface area contributed by atoms with Gasteiger partial charge in [-0.2, -0.15) is 0 Å². The molecule has 0 spiro atoms. The molecule has 0 saturated heterocycles. The number of nitrogens with zero attached hydrogens (tertiary/aromatic N) is 1. The first kappa shape index (κ1) is 13.6. The van der Waals surface area contributed by atoms with Crippen molar-refractivity contribution >= 4 is 11.4 Å². The number of anilines is 1. The van der Waals surface area contributed by atoms with Gasteiger partial charge in [0.15, 0.2) is 0 Å². The average Bonchev–Trinajstić information content (AvgIpc) is 2.28. The Kier molecular flexibility index (Phi) is 5.08. The van der Waals surface area contributed by atoms with Crippen molar-refractivity contribution in [3.63, 3.8) is 0 Å². The lowest BCUT2D eigenvalue weighted by atomic mass is 10.1. The summed E-state index contributed by atoms with van der Waals surface area (Å²) in [7, 11) is 0. The molecule has 0 aliphatic carbocycles. The molecule has 2 nitrogen and oxygen atoms in total. The van der Waals surface area contributed by atoms with Crippen LogP contribution in [-0.4, -0.2) is 13.1 Å². The second-order valence-electron chi connectivity index (χ2n) is 4.51. The highest BCUT2D eigenvalue weighted by Gasteiger charge is 2.07. The van der Waals surface area contributed by atoms with E-state index in [1.165, 1.54) is 24.1 Å². The second kappa shape index (κ2) is 6.33. The molecule has 2 heteroatoms. The third-order valence-electron chi connectivity index (χ3n) is 2.91. The SMILES string of the molecule is C=C(N)c1ccc(N(CCC)CCC)cc1C. The molecule has 0 unspecified atom stereocenters. The van der Waals surface area contributed by atoms with Crippen molar-refractivity contribution in [2.75, 3.05) is 18.0 Å². The summed E-state index contributed by atoms with van der Waals surface area (Å²) < 4.78 is 0. The topological polar surface area (TPSA) is 29.3 Å². The van der Waals surface area contributed by atoms with Gasteiger partial charge in [-0.05, 0) is 43.0 Å². The fraction of sp³-hybridized carbons (Fsp3) is 0.467. The molecule has 1 aromatic carbocycles. The van der Waals surface area contributed by atoms with Crippen LogP contribution in [0.2, 0.25) is 0 Å². The molecule has 0 atom stereocenters. The zero-order chi connectivity index (χ0) is 12.8. The molecule has 0 aliphatic rings. The lowest BCUT2D eigenvalue weighted by molar-refractivity contribution is 0.744. The van der Waals surface area contributed by atoms with Crippen molar-refractivity contribution in [3.05, 3.63) is 35.9 Å². The Balaban J connectivity index is 2.97. The Morgan fingerprint density at radius 1 is 1.24 bits per heavy atom. The van der Waals surface area contributed by atoms with Crippen LogP contribution < -0.4 is 10.6 Å². The number of aryl methyl sites for hydroxylation is 1. The van der Waals surface area contributed by atoms with Gasteiger partial charge in [0.25, 0.3) is 0 Å². The van der Waals surface area contributed by atoms with Crippen molar-refractivity contribution in [3.8, 4) is 0 Å². The predicted octanol–water partition coefficient (Wildman–Crippen LogP) is 3.55. The first-order valence-corrected chi connectivity index (χ1v) is 6.40. The minimum absolute atomic E-state index is 0.645. The van der Waals surface area contributed by atoms with Gasteiger partial charge in [-0.15, -0.1) is 0 Å². The van der Waals surface area contributed by atoms with E-state index in [1.54, 1.807) is 0 Å². The summed E-state index contributed by atoms with van der Waals surface area (Å²) >= 11 is 0. The van der Waals surface area contributed by atoms with Crippen LogP contribution in [0.25, 0.3) is 5.70 Å². The zero-order valence-corrected chi connectivity index (χ0v) is 11.3. The van der Waals surface area contributed by atoms with Gasteiger partial charge in [-0.1, -0.05) is 26.5 Å². The summed E-state index contributed by atoms with van der Waals surface area (Å²) in [5, 5.41) is 0. The van der Waals surface area contributed by atoms with E-state index in [-0.39, 0.29) is 0 Å². The standard InChI is InChI=1S/C15H24N2/c1-5-9-17(10-6-2)14-7-8-15(13(4)16)12(3)11-14/h7-8,11H,4-6,9-10,16H2,1-3H3. The first-order chi connectivity index (χ1) is 8.10. The molecule has 0 saturated carbocycles. The largest absolute Gasteiger partial charge is 0.399 e. The molecule has 0 fully saturated rings. The van der Waals surface area contributed by atoms with Crippen molar-refractivity contribution in [2.24, 2.45) is 5.73 Å². The van der Waals surface area contributed by atoms with Crippen LogP contribution in [0.1, 0.15) is 37.8 Å². The molecular weight excluding hydrogens is 208 g/mol. The summed E-state index contributed by atoms with van der Waals surface area (Å²) in [5.41, 5.74) is 9.94. The van der Waals surface area contributed by atoms with Gasteiger partial charge in [0.2, 0.25) is 0 Å². The quantitative estimate of drug-likeness (QED) is 0.812. The summed E-state index contributed by atoms with van der Waals surface area (Å²) in [4.78, 5) is 2.43. The molecule has 17 heavy (non-hydrogen) atoms. The van der Waals surface area contributed by atoms with Crippen molar-refractivity contribution in [1.29, 1.82) is 0 Å². The van der Waals surface area contributed by atoms with E-state index >= 15 is 0 Å². The Bertz CT molecular complexity index is 377. The Labute approximate surface area is 105 Å². The van der Waals surface area contributed by atoms with Crippen LogP contribution in [0.4, 0.5) is 5.69 Å². The lowest BCUT2D eigenvalue weighted by Gasteiger charge is -2.24. The summed E-state index contributed by atoms with van der Waals surface area (Å²) in [6.45, 7) is 12.5. The van der Waals surface area contributed by atoms with Crippen LogP contribution in [0.15, 0.2) is 24.8 Å². The molecule has 1 aromatic rings. The number of rotatable bonds is 6. The van der Waals surface area contributed by atoms with Crippen LogP contribution in [0.3, 0.4) is 0 Å². The molecule has 0 aliphatic heterocycles. The molecule has 0 aromatic heterocycles. The molecule has 0 amide bonds. The number of benzene rings is 1. The fourth-order valence-corrected chi connectivity index (χ4v) is 2.11. The van der Waals surface area contributed by atoms with Gasteiger partial charge in [-0.25, -0.2) is 0 Å². The highest BCUT2D eigenvalue weighted by molar-refractivity contribution is 5.66. The first-order valence-electron chi connectivity index (χ1n) is 6.40. The van der Waals surface area contributed by atoms with Crippen molar-refractivity contribution in [2.45, 2.75) is 33.6 Å². The number of nitrogens with two attached hydrogens (primary N) is 1. The average molecular weight is 232 g/mol. The van der Waals surface area contributed by atoms with Crippen LogP contribution in [-0.2, 0) is 0 Å². The van der Waals surface area contributed by atoms with Gasteiger partial charge in [0.1, 0.15) is 0 Å². The molecule has 94 valence electrons. The number of hydrogen-bond donors (Lipinski definition) is 1. The van der Waals surface area contributed by atoms with E-state index in [1.807, 2.05) is 0 Å². The maximum Gasteiger partial charge on any atom is 0.0369 e. The normalized spacial score (nSPS) is 10.3. The minimum Gasteiger partial charge on any atom is -0.399 e. The second-order valence-corrected chi connectivity index (χ2v) is 4.51. The summed E-state index contributed by atoms with van der Waals surface area (Å²) in [6, 6.07) is 6.43. The van der Waals surface area contributed by atoms with Crippen LogP contribution in [0, 0.1) is 6.92 Å². The van der Waals surface area contributed by atoms with Crippen LogP contribution in [0.5, 0.6) is 0 Å². The lowest BCUT2D eigenvalue weighted by Crippen LogP contribution is -2.24. The van der Waals surface area contributed by atoms with E-state index in [9.17, 15) is 0 Å². The third kappa shape index (κ3) is 3.52. The van der Waals surface area contributed by atoms with E-state index in [4.69, 9.17) is 5.73 Å². The molecule has 2 N–H and O–H groups in total. The Morgan fingerprint density at radius 2 is 1.82 bits per heavy atom. The molecule has 1 rings (SSSR count). The minimum atomic E-state index is 0.645. The molecule has 0 radical (unpaired) electrons. The fourth-order valence-electron chi connectivity index (χ4n) is 2.11. The van der Waals surface area contributed by atoms with Gasteiger partial charge in [0, 0.05) is 24.5 Å². The number of hydrogen-bond acceptors (Lipinski definition) is 2.